The lowest BCUT2D eigenvalue weighted by Crippen LogP contribution is -1.66. The van der Waals surface area contributed by atoms with Crippen LogP contribution in [0, 0.1) is 0 Å². The third-order valence-electron chi connectivity index (χ3n) is 0. The van der Waals surface area contributed by atoms with Crippen molar-refractivity contribution in [2.75, 3.05) is 0 Å². The fourth-order valence-corrected chi connectivity index (χ4v) is 0. The summed E-state index contributed by atoms with van der Waals surface area (Å²) in [5.74, 6) is 0. The molecule has 0 aliphatic rings. The molecule has 0 aliphatic heterocycles. The van der Waals surface area contributed by atoms with Crippen LogP contribution in [-0.2, 0) is 13.5 Å². The molecular weight excluding hydrogens is 155 g/mol. The van der Waals surface area contributed by atoms with Crippen molar-refractivity contribution in [3.05, 3.63) is 0 Å². The molecule has 0 rings (SSSR count). The minimum absolute atomic E-state index is 1.42. The van der Waals surface area contributed by atoms with Gasteiger partial charge in [0.1, 0.15) is 0 Å². The Labute approximate surface area is 46.3 Å². The molecular formula is H3O6PSi. The smallest absolute Gasteiger partial charge is 0.303 e. The van der Waals surface area contributed by atoms with Crippen molar-refractivity contribution in [1.29, 1.82) is 0 Å². The van der Waals surface area contributed by atoms with Crippen LogP contribution in [0.2, 0.25) is 0 Å². The third-order valence-corrected chi connectivity index (χ3v) is 0. The highest BCUT2D eigenvalue weighted by Gasteiger charge is 2.00. The molecule has 0 amide bonds. The minimum Gasteiger partial charge on any atom is -0.303 e. The summed E-state index contributed by atoms with van der Waals surface area (Å²) >= 11 is 0. The molecule has 0 spiro atoms. The van der Waals surface area contributed by atoms with Gasteiger partial charge in [-0.1, -0.05) is 0 Å². The Morgan fingerprint density at radius 2 is 1.12 bits per heavy atom. The molecule has 0 saturated heterocycles. The second-order valence-corrected chi connectivity index (χ2v) is 1.79. The van der Waals surface area contributed by atoms with Crippen molar-refractivity contribution >= 4 is 17.1 Å². The first kappa shape index (κ1) is 10.8. The van der Waals surface area contributed by atoms with Gasteiger partial charge in [0.25, 0.3) is 0 Å². The van der Waals surface area contributed by atoms with Gasteiger partial charge in [-0.15, -0.1) is 0 Å². The summed E-state index contributed by atoms with van der Waals surface area (Å²) in [5.41, 5.74) is 0. The topological polar surface area (TPSA) is 112 Å². The van der Waals surface area contributed by atoms with Gasteiger partial charge < -0.3 is 14.7 Å². The molecule has 8 heteroatoms. The molecule has 0 aliphatic carbocycles. The van der Waals surface area contributed by atoms with Gasteiger partial charge in [-0.05, 0) is 0 Å². The molecule has 0 heterocycles. The van der Waals surface area contributed by atoms with Crippen molar-refractivity contribution in [1.82, 2.24) is 0 Å². The van der Waals surface area contributed by atoms with Gasteiger partial charge in [0.05, 0.1) is 0 Å². The third kappa shape index (κ3) is 26900. The van der Waals surface area contributed by atoms with Gasteiger partial charge in [0.15, 0.2) is 0 Å². The molecule has 0 radical (unpaired) electrons. The maximum absolute atomic E-state index is 8.88. The van der Waals surface area contributed by atoms with E-state index >= 15 is 0 Å². The van der Waals surface area contributed by atoms with Crippen molar-refractivity contribution in [2.45, 2.75) is 0 Å². The Bertz CT molecular complexity index is 106. The highest BCUT2D eigenvalue weighted by molar-refractivity contribution is 7.45. The zero-order valence-electron chi connectivity index (χ0n) is 3.51. The molecule has 0 saturated carbocycles. The molecule has 0 aromatic heterocycles. The van der Waals surface area contributed by atoms with Gasteiger partial charge in [0, 0.05) is 0 Å². The lowest BCUT2D eigenvalue weighted by molar-refractivity contribution is 0.275. The first-order chi connectivity index (χ1) is 3.41. The highest BCUT2D eigenvalue weighted by atomic mass is 31.2. The van der Waals surface area contributed by atoms with E-state index in [1.54, 1.807) is 0 Å². The minimum atomic E-state index is -4.64. The molecule has 0 atom stereocenters. The van der Waals surface area contributed by atoms with Crippen LogP contribution in [0.1, 0.15) is 0 Å². The van der Waals surface area contributed by atoms with Gasteiger partial charge in [-0.25, -0.2) is 4.57 Å². The van der Waals surface area contributed by atoms with Gasteiger partial charge in [0.2, 0.25) is 0 Å². The Hall–Kier alpha value is -0.0731. The first-order valence-electron chi connectivity index (χ1n) is 1.19. The Balaban J connectivity index is 0. The van der Waals surface area contributed by atoms with E-state index in [1.165, 1.54) is 0 Å². The number of hydrogen-bond donors (Lipinski definition) is 3. The number of phosphoric acid groups is 1. The SMILES string of the molecule is O=P(O)(O)O.O=[Si]=O. The van der Waals surface area contributed by atoms with Crippen molar-refractivity contribution < 1.29 is 28.2 Å². The average Bonchev–Trinajstić information content (AvgIpc) is 1.27. The van der Waals surface area contributed by atoms with Crippen LogP contribution in [-0.4, -0.2) is 24.0 Å². The normalized spacial score (nSPS) is 8.38. The molecule has 6 nitrogen and oxygen atoms in total. The summed E-state index contributed by atoms with van der Waals surface area (Å²) in [6.45, 7) is 0. The Morgan fingerprint density at radius 3 is 1.12 bits per heavy atom. The maximum atomic E-state index is 8.88. The summed E-state index contributed by atoms with van der Waals surface area (Å²) < 4.78 is 25.7. The largest absolute Gasteiger partial charge is 0.549 e. The molecule has 8 heavy (non-hydrogen) atoms. The molecule has 0 bridgehead atoms. The summed E-state index contributed by atoms with van der Waals surface area (Å²) in [6, 6.07) is 0. The second kappa shape index (κ2) is 5.07. The van der Waals surface area contributed by atoms with Gasteiger partial charge >= 0.3 is 17.1 Å². The van der Waals surface area contributed by atoms with E-state index in [-0.39, 0.29) is 0 Å². The number of rotatable bonds is 0. The summed E-state index contributed by atoms with van der Waals surface area (Å²) in [7, 11) is -6.06. The lowest BCUT2D eigenvalue weighted by atomic mass is 15.8. The summed E-state index contributed by atoms with van der Waals surface area (Å²) in [4.78, 5) is 21.6. The monoisotopic (exact) mass is 158 g/mol. The Kier molecular flexibility index (Phi) is 6.86. The fourth-order valence-electron chi connectivity index (χ4n) is 0. The molecule has 48 valence electrons. The molecule has 3 N–H and O–H groups in total. The van der Waals surface area contributed by atoms with Crippen LogP contribution in [0.25, 0.3) is 0 Å². The zero-order valence-corrected chi connectivity index (χ0v) is 5.41. The predicted octanol–water partition coefficient (Wildman–Crippen LogP) is -1.55. The van der Waals surface area contributed by atoms with Crippen molar-refractivity contribution in [3.8, 4) is 0 Å². The predicted molar refractivity (Wildman–Crippen MR) is 21.4 cm³/mol. The van der Waals surface area contributed by atoms with Crippen LogP contribution in [0.5, 0.6) is 0 Å². The van der Waals surface area contributed by atoms with Crippen LogP contribution >= 0.6 is 7.82 Å². The van der Waals surface area contributed by atoms with E-state index in [2.05, 4.69) is 0 Å². The van der Waals surface area contributed by atoms with Crippen LogP contribution in [0.15, 0.2) is 0 Å². The van der Waals surface area contributed by atoms with E-state index < -0.39 is 17.1 Å². The van der Waals surface area contributed by atoms with Crippen LogP contribution < -0.4 is 0 Å². The van der Waals surface area contributed by atoms with Gasteiger partial charge in [-0.3, -0.25) is 8.92 Å². The van der Waals surface area contributed by atoms with Crippen molar-refractivity contribution in [2.24, 2.45) is 0 Å². The molecule has 0 aromatic carbocycles. The van der Waals surface area contributed by atoms with Crippen LogP contribution in [0.3, 0.4) is 0 Å². The van der Waals surface area contributed by atoms with E-state index in [4.69, 9.17) is 28.2 Å². The summed E-state index contributed by atoms with van der Waals surface area (Å²) in [5, 5.41) is 0. The highest BCUT2D eigenvalue weighted by Crippen LogP contribution is 2.25. The van der Waals surface area contributed by atoms with Gasteiger partial charge in [-0.2, -0.15) is 0 Å². The second-order valence-electron chi connectivity index (χ2n) is 0.597. The molecule has 0 aromatic rings. The standard InChI is InChI=1S/H3O4P.O2Si/c1-5(2,3)4;1-3-2/h(H3,1,2,3,4);. The maximum Gasteiger partial charge on any atom is 0.549 e. The first-order valence-corrected chi connectivity index (χ1v) is 3.57. The molecule has 0 unspecified atom stereocenters. The molecule has 0 fully saturated rings. The van der Waals surface area contributed by atoms with E-state index in [0.29, 0.717) is 0 Å². The van der Waals surface area contributed by atoms with E-state index in [0.717, 1.165) is 0 Å². The lowest BCUT2D eigenvalue weighted by Gasteiger charge is -1.82. The number of hydrogen-bond acceptors (Lipinski definition) is 3. The zero-order chi connectivity index (χ0) is 7.21. The average molecular weight is 158 g/mol. The van der Waals surface area contributed by atoms with E-state index in [1.807, 2.05) is 0 Å². The fraction of sp³-hybridized carbons (Fsp3) is 0. The Morgan fingerprint density at radius 1 is 1.12 bits per heavy atom. The van der Waals surface area contributed by atoms with Crippen molar-refractivity contribution in [3.63, 3.8) is 0 Å². The van der Waals surface area contributed by atoms with Crippen LogP contribution in [0.4, 0.5) is 0 Å². The quantitative estimate of drug-likeness (QED) is 0.290. The summed E-state index contributed by atoms with van der Waals surface area (Å²) in [6.07, 6.45) is 0. The van der Waals surface area contributed by atoms with E-state index in [9.17, 15) is 0 Å².